The number of carboxylic acids is 1. The molecule has 0 spiro atoms. The Bertz CT molecular complexity index is 144. The number of alkyl halides is 1. The van der Waals surface area contributed by atoms with E-state index in [0.717, 1.165) is 0 Å². The molecule has 0 aromatic carbocycles. The zero-order valence-electron chi connectivity index (χ0n) is 5.38. The van der Waals surface area contributed by atoms with Crippen molar-refractivity contribution in [3.63, 3.8) is 0 Å². The number of aliphatic carboxylic acids is 1. The zero-order chi connectivity index (χ0) is 8.15. The number of hydrogen-bond acceptors (Lipinski definition) is 2. The van der Waals surface area contributed by atoms with Gasteiger partial charge in [0.25, 0.3) is 0 Å². The van der Waals surface area contributed by atoms with Gasteiger partial charge in [0.2, 0.25) is 0 Å². The summed E-state index contributed by atoms with van der Waals surface area (Å²) in [5.41, 5.74) is 0.0223. The largest absolute Gasteiger partial charge is 0.478 e. The van der Waals surface area contributed by atoms with Crippen molar-refractivity contribution in [2.75, 3.05) is 6.61 Å². The van der Waals surface area contributed by atoms with Crippen molar-refractivity contribution in [1.82, 2.24) is 0 Å². The first-order valence-corrected chi connectivity index (χ1v) is 3.17. The molecule has 0 aliphatic carbocycles. The summed E-state index contributed by atoms with van der Waals surface area (Å²) in [5, 5.41) is 16.1. The third-order valence-corrected chi connectivity index (χ3v) is 1.26. The van der Waals surface area contributed by atoms with Crippen molar-refractivity contribution >= 4 is 17.6 Å². The highest BCUT2D eigenvalue weighted by Gasteiger charge is 2.09. The van der Waals surface area contributed by atoms with E-state index in [1.807, 2.05) is 0 Å². The summed E-state index contributed by atoms with van der Waals surface area (Å²) in [6.45, 7) is 3.02. The van der Waals surface area contributed by atoms with Gasteiger partial charge < -0.3 is 10.2 Å². The maximum absolute atomic E-state index is 10.1. The summed E-state index contributed by atoms with van der Waals surface area (Å²) in [5.74, 6) is -1.07. The second kappa shape index (κ2) is 4.30. The molecule has 0 saturated heterocycles. The third kappa shape index (κ3) is 3.48. The highest BCUT2D eigenvalue weighted by Crippen LogP contribution is 2.08. The van der Waals surface area contributed by atoms with E-state index in [1.165, 1.54) is 0 Å². The first kappa shape index (κ1) is 9.46. The topological polar surface area (TPSA) is 57.5 Å². The van der Waals surface area contributed by atoms with Crippen molar-refractivity contribution in [1.29, 1.82) is 0 Å². The molecule has 0 aromatic rings. The minimum Gasteiger partial charge on any atom is -0.478 e. The molecular formula is C6H9ClO3. The van der Waals surface area contributed by atoms with Crippen molar-refractivity contribution in [3.8, 4) is 0 Å². The maximum atomic E-state index is 10.1. The lowest BCUT2D eigenvalue weighted by Crippen LogP contribution is -2.09. The average molecular weight is 165 g/mol. The molecule has 0 bridgehead atoms. The van der Waals surface area contributed by atoms with Gasteiger partial charge in [0.15, 0.2) is 0 Å². The molecule has 0 amide bonds. The Kier molecular flexibility index (Phi) is 4.07. The van der Waals surface area contributed by atoms with Gasteiger partial charge in [-0.25, -0.2) is 4.79 Å². The fourth-order valence-electron chi connectivity index (χ4n) is 0.419. The number of aliphatic hydroxyl groups is 1. The minimum absolute atomic E-state index is 0.0223. The summed E-state index contributed by atoms with van der Waals surface area (Å²) in [7, 11) is 0. The van der Waals surface area contributed by atoms with Crippen LogP contribution in [0.3, 0.4) is 0 Å². The fourth-order valence-corrected chi connectivity index (χ4v) is 0.605. The Hall–Kier alpha value is -0.540. The van der Waals surface area contributed by atoms with Crippen LogP contribution in [0.1, 0.15) is 6.42 Å². The molecule has 0 aromatic heterocycles. The lowest BCUT2D eigenvalue weighted by molar-refractivity contribution is -0.132. The summed E-state index contributed by atoms with van der Waals surface area (Å²) in [4.78, 5) is 10.1. The third-order valence-electron chi connectivity index (χ3n) is 0.968. The highest BCUT2D eigenvalue weighted by molar-refractivity contribution is 6.21. The number of carbonyl (C=O) groups is 1. The number of hydrogen-bond donors (Lipinski definition) is 2. The van der Waals surface area contributed by atoms with E-state index in [-0.39, 0.29) is 18.6 Å². The van der Waals surface area contributed by atoms with Crippen molar-refractivity contribution in [3.05, 3.63) is 12.2 Å². The van der Waals surface area contributed by atoms with Crippen LogP contribution in [0.2, 0.25) is 0 Å². The van der Waals surface area contributed by atoms with Crippen LogP contribution in [-0.2, 0) is 4.79 Å². The van der Waals surface area contributed by atoms with E-state index in [4.69, 9.17) is 21.8 Å². The molecule has 10 heavy (non-hydrogen) atoms. The maximum Gasteiger partial charge on any atom is 0.331 e. The molecule has 2 N–H and O–H groups in total. The predicted octanol–water partition coefficient (Wildman–Crippen LogP) is 0.617. The lowest BCUT2D eigenvalue weighted by atomic mass is 10.2. The second-order valence-electron chi connectivity index (χ2n) is 1.89. The monoisotopic (exact) mass is 164 g/mol. The van der Waals surface area contributed by atoms with Crippen LogP contribution in [0.25, 0.3) is 0 Å². The van der Waals surface area contributed by atoms with Crippen LogP contribution in [0.4, 0.5) is 0 Å². The average Bonchev–Trinajstić information content (AvgIpc) is 1.87. The molecular weight excluding hydrogens is 156 g/mol. The van der Waals surface area contributed by atoms with Crippen molar-refractivity contribution < 1.29 is 15.0 Å². The van der Waals surface area contributed by atoms with E-state index in [1.54, 1.807) is 0 Å². The van der Waals surface area contributed by atoms with Crippen molar-refractivity contribution in [2.45, 2.75) is 11.8 Å². The van der Waals surface area contributed by atoms with Gasteiger partial charge in [-0.3, -0.25) is 0 Å². The Balaban J connectivity index is 3.68. The van der Waals surface area contributed by atoms with Gasteiger partial charge in [-0.15, -0.1) is 11.6 Å². The Morgan fingerprint density at radius 3 is 2.50 bits per heavy atom. The SMILES string of the molecule is C=C(CC(Cl)CO)C(=O)O. The van der Waals surface area contributed by atoms with Gasteiger partial charge >= 0.3 is 5.97 Å². The summed E-state index contributed by atoms with van der Waals surface area (Å²) < 4.78 is 0. The second-order valence-corrected chi connectivity index (χ2v) is 2.51. The first-order chi connectivity index (χ1) is 4.57. The fraction of sp³-hybridized carbons (Fsp3) is 0.500. The summed E-state index contributed by atoms with van der Waals surface area (Å²) in [6, 6.07) is 0. The van der Waals surface area contributed by atoms with Crippen molar-refractivity contribution in [2.24, 2.45) is 0 Å². The van der Waals surface area contributed by atoms with Crippen LogP contribution < -0.4 is 0 Å². The predicted molar refractivity (Wildman–Crippen MR) is 38.1 cm³/mol. The zero-order valence-corrected chi connectivity index (χ0v) is 6.14. The van der Waals surface area contributed by atoms with Crippen LogP contribution in [0, 0.1) is 0 Å². The normalized spacial score (nSPS) is 12.6. The summed E-state index contributed by atoms with van der Waals surface area (Å²) in [6.07, 6.45) is 0.118. The van der Waals surface area contributed by atoms with Crippen LogP contribution in [0.15, 0.2) is 12.2 Å². The summed E-state index contributed by atoms with van der Waals surface area (Å²) >= 11 is 5.43. The number of aliphatic hydroxyl groups excluding tert-OH is 1. The molecule has 58 valence electrons. The Labute approximate surface area is 63.9 Å². The standard InChI is InChI=1S/C6H9ClO3/c1-4(6(9)10)2-5(7)3-8/h5,8H,1-3H2,(H,9,10). The van der Waals surface area contributed by atoms with Crippen LogP contribution in [-0.4, -0.2) is 28.2 Å². The molecule has 1 unspecified atom stereocenters. The van der Waals surface area contributed by atoms with E-state index in [0.29, 0.717) is 0 Å². The molecule has 0 fully saturated rings. The van der Waals surface area contributed by atoms with Gasteiger partial charge in [0, 0.05) is 5.57 Å². The molecule has 3 nitrogen and oxygen atoms in total. The van der Waals surface area contributed by atoms with E-state index in [9.17, 15) is 4.79 Å². The number of rotatable bonds is 4. The highest BCUT2D eigenvalue weighted by atomic mass is 35.5. The van der Waals surface area contributed by atoms with Gasteiger partial charge in [0.05, 0.1) is 12.0 Å². The quantitative estimate of drug-likeness (QED) is 0.473. The molecule has 0 saturated carbocycles. The van der Waals surface area contributed by atoms with Gasteiger partial charge in [-0.05, 0) is 6.42 Å². The van der Waals surface area contributed by atoms with E-state index in [2.05, 4.69) is 6.58 Å². The van der Waals surface area contributed by atoms with Crippen LogP contribution >= 0.6 is 11.6 Å². The molecule has 0 radical (unpaired) electrons. The first-order valence-electron chi connectivity index (χ1n) is 2.74. The molecule has 0 heterocycles. The minimum atomic E-state index is -1.07. The van der Waals surface area contributed by atoms with Crippen LogP contribution in [0.5, 0.6) is 0 Å². The van der Waals surface area contributed by atoms with E-state index < -0.39 is 11.3 Å². The van der Waals surface area contributed by atoms with E-state index >= 15 is 0 Å². The van der Waals surface area contributed by atoms with Gasteiger partial charge in [0.1, 0.15) is 0 Å². The smallest absolute Gasteiger partial charge is 0.331 e. The van der Waals surface area contributed by atoms with Gasteiger partial charge in [-0.1, -0.05) is 6.58 Å². The molecule has 1 atom stereocenters. The Morgan fingerprint density at radius 1 is 1.70 bits per heavy atom. The Morgan fingerprint density at radius 2 is 2.20 bits per heavy atom. The number of carboxylic acid groups (broad SMARTS) is 1. The molecule has 4 heteroatoms. The molecule has 0 rings (SSSR count). The molecule has 0 aliphatic heterocycles. The molecule has 0 aliphatic rings. The van der Waals surface area contributed by atoms with Gasteiger partial charge in [-0.2, -0.15) is 0 Å². The number of halogens is 1. The lowest BCUT2D eigenvalue weighted by Gasteiger charge is -2.03.